The monoisotopic (exact) mass is 476 g/mol. The Morgan fingerprint density at radius 2 is 2.00 bits per heavy atom. The van der Waals surface area contributed by atoms with E-state index in [1.807, 2.05) is 42.7 Å². The molecule has 31 heavy (non-hydrogen) atoms. The summed E-state index contributed by atoms with van der Waals surface area (Å²) in [5, 5.41) is 12.8. The van der Waals surface area contributed by atoms with E-state index < -0.39 is 0 Å². The number of amides is 1. The molecule has 9 heteroatoms. The predicted molar refractivity (Wildman–Crippen MR) is 126 cm³/mol. The number of nitrogens with one attached hydrogen (secondary N) is 1. The quantitative estimate of drug-likeness (QED) is 0.305. The van der Waals surface area contributed by atoms with Gasteiger partial charge in [-0.05, 0) is 49.7 Å². The number of ether oxygens (including phenoxy) is 1. The summed E-state index contributed by atoms with van der Waals surface area (Å²) < 4.78 is 7.93. The van der Waals surface area contributed by atoms with Gasteiger partial charge in [0.1, 0.15) is 5.75 Å². The molecule has 162 valence electrons. The van der Waals surface area contributed by atoms with Gasteiger partial charge in [0, 0.05) is 22.3 Å². The van der Waals surface area contributed by atoms with Crippen molar-refractivity contribution in [2.75, 3.05) is 11.1 Å². The van der Waals surface area contributed by atoms with Crippen LogP contribution in [0.15, 0.2) is 60.3 Å². The van der Waals surface area contributed by atoms with Crippen molar-refractivity contribution in [3.05, 3.63) is 76.6 Å². The number of halogens is 2. The number of anilines is 1. The maximum Gasteiger partial charge on any atom is 0.234 e. The molecule has 0 spiro atoms. The van der Waals surface area contributed by atoms with Gasteiger partial charge in [-0.1, -0.05) is 53.2 Å². The van der Waals surface area contributed by atoms with Crippen molar-refractivity contribution in [2.45, 2.75) is 31.7 Å². The summed E-state index contributed by atoms with van der Waals surface area (Å²) in [6.07, 6.45) is 1.43. The average molecular weight is 477 g/mol. The molecule has 3 rings (SSSR count). The number of carbonyl (C=O) groups is 1. The normalized spacial score (nSPS) is 11.7. The number of rotatable bonds is 9. The van der Waals surface area contributed by atoms with Gasteiger partial charge in [0.05, 0.1) is 5.75 Å². The molecule has 1 N–H and O–H groups in total. The van der Waals surface area contributed by atoms with E-state index in [1.54, 1.807) is 24.3 Å². The third-order valence-electron chi connectivity index (χ3n) is 4.20. The second kappa shape index (κ2) is 10.7. The van der Waals surface area contributed by atoms with E-state index in [1.165, 1.54) is 11.8 Å². The Hall–Kier alpha value is -2.48. The largest absolute Gasteiger partial charge is 0.483 e. The molecule has 6 nitrogen and oxygen atoms in total. The molecule has 0 fully saturated rings. The number of thioether (sulfide) groups is 1. The number of hydrogen-bond acceptors (Lipinski definition) is 5. The maximum absolute atomic E-state index is 12.4. The first-order valence-electron chi connectivity index (χ1n) is 9.51. The Morgan fingerprint density at radius 1 is 1.26 bits per heavy atom. The molecular formula is C22H22Cl2N4O2S. The van der Waals surface area contributed by atoms with E-state index in [9.17, 15) is 4.79 Å². The van der Waals surface area contributed by atoms with Gasteiger partial charge < -0.3 is 10.1 Å². The zero-order valence-corrected chi connectivity index (χ0v) is 19.5. The SMILES string of the molecule is C=CCn1c(SCC(=O)Nc2cc(Cl)cc(Cl)c2)nnc1C(C)Oc1cccc(C)c1. The summed E-state index contributed by atoms with van der Waals surface area (Å²) in [6.45, 7) is 8.23. The lowest BCUT2D eigenvalue weighted by Gasteiger charge is -2.16. The molecule has 0 radical (unpaired) electrons. The summed E-state index contributed by atoms with van der Waals surface area (Å²) in [7, 11) is 0. The van der Waals surface area contributed by atoms with Crippen LogP contribution in [0.25, 0.3) is 0 Å². The van der Waals surface area contributed by atoms with Crippen LogP contribution in [0.4, 0.5) is 5.69 Å². The number of aromatic nitrogens is 3. The van der Waals surface area contributed by atoms with Crippen LogP contribution < -0.4 is 10.1 Å². The Morgan fingerprint density at radius 3 is 2.68 bits per heavy atom. The van der Waals surface area contributed by atoms with E-state index in [-0.39, 0.29) is 17.8 Å². The fourth-order valence-corrected chi connectivity index (χ4v) is 4.19. The lowest BCUT2D eigenvalue weighted by atomic mass is 10.2. The number of benzene rings is 2. The van der Waals surface area contributed by atoms with Gasteiger partial charge in [0.2, 0.25) is 5.91 Å². The Bertz CT molecular complexity index is 1070. The summed E-state index contributed by atoms with van der Waals surface area (Å²) in [5.41, 5.74) is 1.65. The molecule has 0 aliphatic carbocycles. The first-order chi connectivity index (χ1) is 14.9. The van der Waals surface area contributed by atoms with Crippen LogP contribution in [0, 0.1) is 6.92 Å². The van der Waals surface area contributed by atoms with E-state index >= 15 is 0 Å². The molecule has 0 aliphatic rings. The van der Waals surface area contributed by atoms with Crippen molar-refractivity contribution in [1.29, 1.82) is 0 Å². The second-order valence-corrected chi connectivity index (χ2v) is 8.63. The molecule has 1 amide bonds. The Labute approximate surface area is 195 Å². The van der Waals surface area contributed by atoms with Gasteiger partial charge in [-0.2, -0.15) is 0 Å². The number of allylic oxidation sites excluding steroid dienone is 1. The van der Waals surface area contributed by atoms with E-state index in [4.69, 9.17) is 27.9 Å². The zero-order chi connectivity index (χ0) is 22.4. The van der Waals surface area contributed by atoms with Gasteiger partial charge in [-0.15, -0.1) is 16.8 Å². The highest BCUT2D eigenvalue weighted by Gasteiger charge is 2.20. The fraction of sp³-hybridized carbons (Fsp3) is 0.227. The highest BCUT2D eigenvalue weighted by Crippen LogP contribution is 2.26. The minimum atomic E-state index is -0.328. The van der Waals surface area contributed by atoms with Crippen LogP contribution in [0.3, 0.4) is 0 Å². The van der Waals surface area contributed by atoms with E-state index in [2.05, 4.69) is 22.1 Å². The van der Waals surface area contributed by atoms with Crippen molar-refractivity contribution in [1.82, 2.24) is 14.8 Å². The summed E-state index contributed by atoms with van der Waals surface area (Å²) in [6, 6.07) is 12.7. The van der Waals surface area contributed by atoms with Gasteiger partial charge in [0.25, 0.3) is 0 Å². The minimum Gasteiger partial charge on any atom is -0.483 e. The van der Waals surface area contributed by atoms with Crippen LogP contribution in [0.1, 0.15) is 24.4 Å². The highest BCUT2D eigenvalue weighted by atomic mass is 35.5. The highest BCUT2D eigenvalue weighted by molar-refractivity contribution is 7.99. The van der Waals surface area contributed by atoms with E-state index in [0.29, 0.717) is 33.3 Å². The maximum atomic E-state index is 12.4. The van der Waals surface area contributed by atoms with Crippen molar-refractivity contribution in [3.8, 4) is 5.75 Å². The van der Waals surface area contributed by atoms with Crippen LogP contribution >= 0.6 is 35.0 Å². The minimum absolute atomic E-state index is 0.145. The Balaban J connectivity index is 1.68. The molecule has 3 aromatic rings. The standard InChI is InChI=1S/C22H22Cl2N4O2S/c1-4-8-28-21(15(3)30-19-7-5-6-14(2)9-19)26-27-22(28)31-13-20(29)25-18-11-16(23)10-17(24)12-18/h4-7,9-12,15H,1,8,13H2,2-3H3,(H,25,29). The van der Waals surface area contributed by atoms with Gasteiger partial charge in [-0.3, -0.25) is 9.36 Å². The van der Waals surface area contributed by atoms with E-state index in [0.717, 1.165) is 11.3 Å². The molecule has 2 aromatic carbocycles. The molecule has 1 atom stereocenters. The topological polar surface area (TPSA) is 69.0 Å². The predicted octanol–water partition coefficient (Wildman–Crippen LogP) is 5.95. The molecule has 1 unspecified atom stereocenters. The van der Waals surface area contributed by atoms with Crippen molar-refractivity contribution in [2.24, 2.45) is 0 Å². The summed E-state index contributed by atoms with van der Waals surface area (Å²) in [5.74, 6) is 1.36. The number of hydrogen-bond donors (Lipinski definition) is 1. The fourth-order valence-electron chi connectivity index (χ4n) is 2.91. The van der Waals surface area contributed by atoms with Gasteiger partial charge in [0.15, 0.2) is 17.1 Å². The van der Waals surface area contributed by atoms with Crippen LogP contribution in [-0.4, -0.2) is 26.4 Å². The number of carbonyl (C=O) groups excluding carboxylic acids is 1. The van der Waals surface area contributed by atoms with Gasteiger partial charge in [-0.25, -0.2) is 0 Å². The average Bonchev–Trinajstić information content (AvgIpc) is 3.08. The molecule has 1 aromatic heterocycles. The molecule has 0 bridgehead atoms. The molecule has 0 aliphatic heterocycles. The summed E-state index contributed by atoms with van der Waals surface area (Å²) >= 11 is 13.2. The second-order valence-electron chi connectivity index (χ2n) is 6.81. The first-order valence-corrected chi connectivity index (χ1v) is 11.3. The zero-order valence-electron chi connectivity index (χ0n) is 17.1. The van der Waals surface area contributed by atoms with Crippen LogP contribution in [-0.2, 0) is 11.3 Å². The van der Waals surface area contributed by atoms with Gasteiger partial charge >= 0.3 is 0 Å². The molecular weight excluding hydrogens is 455 g/mol. The number of nitrogens with zero attached hydrogens (tertiary/aromatic N) is 3. The first kappa shape index (κ1) is 23.2. The van der Waals surface area contributed by atoms with Crippen molar-refractivity contribution < 1.29 is 9.53 Å². The lowest BCUT2D eigenvalue weighted by Crippen LogP contribution is -2.15. The molecule has 0 saturated carbocycles. The van der Waals surface area contributed by atoms with Crippen molar-refractivity contribution in [3.63, 3.8) is 0 Å². The third-order valence-corrected chi connectivity index (χ3v) is 5.61. The van der Waals surface area contributed by atoms with Crippen molar-refractivity contribution >= 4 is 46.6 Å². The number of aryl methyl sites for hydroxylation is 1. The van der Waals surface area contributed by atoms with Crippen LogP contribution in [0.2, 0.25) is 10.0 Å². The molecule has 1 heterocycles. The lowest BCUT2D eigenvalue weighted by molar-refractivity contribution is -0.113. The summed E-state index contributed by atoms with van der Waals surface area (Å²) in [4.78, 5) is 12.4. The Kier molecular flexibility index (Phi) is 8.01. The molecule has 0 saturated heterocycles. The van der Waals surface area contributed by atoms with Crippen LogP contribution in [0.5, 0.6) is 5.75 Å². The smallest absolute Gasteiger partial charge is 0.234 e. The third kappa shape index (κ3) is 6.50.